The van der Waals surface area contributed by atoms with Gasteiger partial charge in [0.15, 0.2) is 0 Å². The summed E-state index contributed by atoms with van der Waals surface area (Å²) in [4.78, 5) is 4.42. The molecule has 0 amide bonds. The van der Waals surface area contributed by atoms with Gasteiger partial charge in [-0.1, -0.05) is 6.07 Å². The Hall–Kier alpha value is -1.46. The van der Waals surface area contributed by atoms with E-state index >= 15 is 0 Å². The molecule has 3 rings (SSSR count). The van der Waals surface area contributed by atoms with E-state index in [4.69, 9.17) is 10.1 Å². The molecule has 2 aliphatic heterocycles. The second-order valence-electron chi connectivity index (χ2n) is 5.54. The third-order valence-electron chi connectivity index (χ3n) is 4.11. The summed E-state index contributed by atoms with van der Waals surface area (Å²) < 4.78 is 18.7. The highest BCUT2D eigenvalue weighted by atomic mass is 19.1. The number of benzene rings is 1. The third-order valence-corrected chi connectivity index (χ3v) is 4.11. The molecule has 2 aliphatic rings. The summed E-state index contributed by atoms with van der Waals surface area (Å²) >= 11 is 0. The van der Waals surface area contributed by atoms with Crippen molar-refractivity contribution < 1.29 is 9.13 Å². The molecule has 0 radical (unpaired) electrons. The molecule has 0 aromatic heterocycles. The van der Waals surface area contributed by atoms with Crippen LogP contribution in [0.3, 0.4) is 0 Å². The van der Waals surface area contributed by atoms with Crippen LogP contribution in [-0.2, 0) is 11.3 Å². The molecule has 1 fully saturated rings. The van der Waals surface area contributed by atoms with Crippen molar-refractivity contribution >= 4 is 5.84 Å². The maximum absolute atomic E-state index is 13.3. The van der Waals surface area contributed by atoms with Gasteiger partial charge in [0.25, 0.3) is 0 Å². The Balaban J connectivity index is 1.68. The van der Waals surface area contributed by atoms with Crippen LogP contribution in [0.1, 0.15) is 18.1 Å². The monoisotopic (exact) mass is 277 g/mol. The maximum Gasteiger partial charge on any atom is 0.129 e. The molecule has 1 unspecified atom stereocenters. The largest absolute Gasteiger partial charge is 0.379 e. The van der Waals surface area contributed by atoms with Gasteiger partial charge in [0.05, 0.1) is 13.2 Å². The van der Waals surface area contributed by atoms with E-state index in [-0.39, 0.29) is 11.9 Å². The van der Waals surface area contributed by atoms with Gasteiger partial charge in [-0.2, -0.15) is 0 Å². The summed E-state index contributed by atoms with van der Waals surface area (Å²) in [6, 6.07) is 4.98. The lowest BCUT2D eigenvalue weighted by Crippen LogP contribution is -2.46. The fourth-order valence-electron chi connectivity index (χ4n) is 2.96. The van der Waals surface area contributed by atoms with Crippen molar-refractivity contribution in [2.75, 3.05) is 32.8 Å². The predicted octanol–water partition coefficient (Wildman–Crippen LogP) is 1.69. The molecule has 5 heteroatoms. The molecule has 0 bridgehead atoms. The van der Waals surface area contributed by atoms with E-state index in [2.05, 4.69) is 16.7 Å². The van der Waals surface area contributed by atoms with Gasteiger partial charge in [-0.25, -0.2) is 4.39 Å². The van der Waals surface area contributed by atoms with Crippen molar-refractivity contribution in [3.05, 3.63) is 35.1 Å². The van der Waals surface area contributed by atoms with Gasteiger partial charge in [0.1, 0.15) is 11.7 Å². The van der Waals surface area contributed by atoms with E-state index in [1.165, 1.54) is 12.1 Å². The summed E-state index contributed by atoms with van der Waals surface area (Å²) in [6.07, 6.45) is 0. The van der Waals surface area contributed by atoms with Crippen LogP contribution in [0.5, 0.6) is 0 Å². The van der Waals surface area contributed by atoms with Gasteiger partial charge in [-0.05, 0) is 24.6 Å². The van der Waals surface area contributed by atoms with Crippen LogP contribution in [-0.4, -0.2) is 54.5 Å². The van der Waals surface area contributed by atoms with E-state index in [1.54, 1.807) is 6.07 Å². The second-order valence-corrected chi connectivity index (χ2v) is 5.54. The van der Waals surface area contributed by atoms with Crippen LogP contribution in [0.15, 0.2) is 18.2 Å². The van der Waals surface area contributed by atoms with E-state index in [9.17, 15) is 4.39 Å². The Kier molecular flexibility index (Phi) is 3.72. The molecule has 0 saturated carbocycles. The molecule has 108 valence electrons. The Morgan fingerprint density at radius 3 is 2.85 bits per heavy atom. The first-order valence-corrected chi connectivity index (χ1v) is 7.09. The molecular weight excluding hydrogens is 257 g/mol. The average molecular weight is 277 g/mol. The highest BCUT2D eigenvalue weighted by molar-refractivity contribution is 6.00. The van der Waals surface area contributed by atoms with E-state index in [0.29, 0.717) is 12.4 Å². The van der Waals surface area contributed by atoms with Gasteiger partial charge >= 0.3 is 0 Å². The van der Waals surface area contributed by atoms with Gasteiger partial charge < -0.3 is 9.64 Å². The van der Waals surface area contributed by atoms with Crippen LogP contribution in [0.4, 0.5) is 4.39 Å². The Morgan fingerprint density at radius 2 is 2.10 bits per heavy atom. The minimum atomic E-state index is -0.267. The van der Waals surface area contributed by atoms with Crippen LogP contribution < -0.4 is 0 Å². The van der Waals surface area contributed by atoms with Crippen LogP contribution in [0.25, 0.3) is 0 Å². The number of nitrogens with one attached hydrogen (secondary N) is 1. The quantitative estimate of drug-likeness (QED) is 0.914. The topological polar surface area (TPSA) is 39.6 Å². The number of nitrogens with zero attached hydrogens (tertiary/aromatic N) is 2. The minimum Gasteiger partial charge on any atom is -0.379 e. The van der Waals surface area contributed by atoms with Gasteiger partial charge in [0, 0.05) is 37.8 Å². The highest BCUT2D eigenvalue weighted by Gasteiger charge is 2.29. The fraction of sp³-hybridized carbons (Fsp3) is 0.533. The number of halogens is 1. The van der Waals surface area contributed by atoms with Crippen LogP contribution in [0.2, 0.25) is 0 Å². The standard InChI is InChI=1S/C15H20FN3O/c1-11(9-18-4-6-20-7-5-18)19-10-12-2-3-13(16)8-14(12)15(19)17/h2-3,8,11,17H,4-7,9-10H2,1H3. The molecule has 1 aromatic rings. The summed E-state index contributed by atoms with van der Waals surface area (Å²) in [5.41, 5.74) is 1.78. The van der Waals surface area contributed by atoms with E-state index < -0.39 is 0 Å². The fourth-order valence-corrected chi connectivity index (χ4v) is 2.96. The van der Waals surface area contributed by atoms with Crippen molar-refractivity contribution in [3.8, 4) is 0 Å². The third kappa shape index (κ3) is 2.55. The summed E-state index contributed by atoms with van der Waals surface area (Å²) in [5.74, 6) is 0.177. The number of fused-ring (bicyclic) bond motifs is 1. The molecule has 4 nitrogen and oxygen atoms in total. The van der Waals surface area contributed by atoms with Gasteiger partial charge in [0.2, 0.25) is 0 Å². The van der Waals surface area contributed by atoms with E-state index in [1.807, 2.05) is 0 Å². The Morgan fingerprint density at radius 1 is 1.35 bits per heavy atom. The molecule has 0 spiro atoms. The van der Waals surface area contributed by atoms with Crippen molar-refractivity contribution in [1.82, 2.24) is 9.80 Å². The molecule has 1 atom stereocenters. The molecule has 0 aliphatic carbocycles. The number of amidine groups is 1. The molecule has 1 saturated heterocycles. The SMILES string of the molecule is CC(CN1CCOCC1)N1Cc2ccc(F)cc2C1=N. The Bertz CT molecular complexity index is 514. The average Bonchev–Trinajstić information content (AvgIpc) is 2.77. The predicted molar refractivity (Wildman–Crippen MR) is 75.5 cm³/mol. The molecule has 1 aromatic carbocycles. The summed E-state index contributed by atoms with van der Waals surface area (Å²) in [6.45, 7) is 7.24. The summed E-state index contributed by atoms with van der Waals surface area (Å²) in [5, 5.41) is 8.25. The zero-order chi connectivity index (χ0) is 14.1. The first kappa shape index (κ1) is 13.5. The number of hydrogen-bond acceptors (Lipinski definition) is 3. The first-order chi connectivity index (χ1) is 9.65. The molecule has 1 N–H and O–H groups in total. The smallest absolute Gasteiger partial charge is 0.129 e. The lowest BCUT2D eigenvalue weighted by Gasteiger charge is -2.33. The number of morpholine rings is 1. The van der Waals surface area contributed by atoms with Gasteiger partial charge in [-0.3, -0.25) is 10.3 Å². The van der Waals surface area contributed by atoms with Crippen molar-refractivity contribution in [2.24, 2.45) is 0 Å². The number of ether oxygens (including phenoxy) is 1. The second kappa shape index (κ2) is 5.50. The Labute approximate surface area is 118 Å². The van der Waals surface area contributed by atoms with E-state index in [0.717, 1.165) is 44.0 Å². The van der Waals surface area contributed by atoms with Crippen LogP contribution in [0, 0.1) is 11.2 Å². The first-order valence-electron chi connectivity index (χ1n) is 7.09. The maximum atomic E-state index is 13.3. The van der Waals surface area contributed by atoms with Crippen LogP contribution >= 0.6 is 0 Å². The number of hydrogen-bond donors (Lipinski definition) is 1. The molecule has 20 heavy (non-hydrogen) atoms. The lowest BCUT2D eigenvalue weighted by molar-refractivity contribution is 0.0296. The zero-order valence-corrected chi connectivity index (χ0v) is 11.7. The highest BCUT2D eigenvalue weighted by Crippen LogP contribution is 2.25. The van der Waals surface area contributed by atoms with Crippen molar-refractivity contribution in [3.63, 3.8) is 0 Å². The van der Waals surface area contributed by atoms with Crippen molar-refractivity contribution in [2.45, 2.75) is 19.5 Å². The zero-order valence-electron chi connectivity index (χ0n) is 11.7. The minimum absolute atomic E-state index is 0.246. The molecular formula is C15H20FN3O. The normalized spacial score (nSPS) is 21.1. The lowest BCUT2D eigenvalue weighted by atomic mass is 10.1. The van der Waals surface area contributed by atoms with Crippen molar-refractivity contribution in [1.29, 1.82) is 5.41 Å². The molecule has 2 heterocycles. The number of rotatable bonds is 3. The summed E-state index contributed by atoms with van der Waals surface area (Å²) in [7, 11) is 0. The van der Waals surface area contributed by atoms with Gasteiger partial charge in [-0.15, -0.1) is 0 Å².